The smallest absolute Gasteiger partial charge is 0.257 e. The molecular weight excluding hydrogens is 455 g/mol. The van der Waals surface area contributed by atoms with Crippen LogP contribution in [0, 0.1) is 11.2 Å². The van der Waals surface area contributed by atoms with E-state index in [-0.39, 0.29) is 22.6 Å². The Bertz CT molecular complexity index is 1190. The van der Waals surface area contributed by atoms with E-state index in [2.05, 4.69) is 29.0 Å². The molecule has 3 heterocycles. The Labute approximate surface area is 202 Å². The fourth-order valence-electron chi connectivity index (χ4n) is 5.05. The second kappa shape index (κ2) is 9.28. The van der Waals surface area contributed by atoms with Crippen molar-refractivity contribution in [3.05, 3.63) is 62.8 Å². The molecular formula is C25H29FN4O3S. The van der Waals surface area contributed by atoms with E-state index in [4.69, 9.17) is 9.72 Å². The van der Waals surface area contributed by atoms with Crippen molar-refractivity contribution < 1.29 is 13.9 Å². The molecule has 0 unspecified atom stereocenters. The van der Waals surface area contributed by atoms with Gasteiger partial charge in [0.25, 0.3) is 5.56 Å². The molecule has 0 radical (unpaired) electrons. The molecule has 0 bridgehead atoms. The molecule has 0 saturated carbocycles. The molecule has 1 aromatic heterocycles. The maximum atomic E-state index is 13.7. The first kappa shape index (κ1) is 23.3. The summed E-state index contributed by atoms with van der Waals surface area (Å²) in [5.74, 6) is 0.363. The summed E-state index contributed by atoms with van der Waals surface area (Å²) in [6.07, 6.45) is 1.08. The van der Waals surface area contributed by atoms with Gasteiger partial charge < -0.3 is 15.0 Å². The molecule has 7 nitrogen and oxygen atoms in total. The number of nitrogens with one attached hydrogen (secondary N) is 2. The third-order valence-corrected chi connectivity index (χ3v) is 7.51. The van der Waals surface area contributed by atoms with Gasteiger partial charge in [-0.15, -0.1) is 0 Å². The van der Waals surface area contributed by atoms with Gasteiger partial charge in [0.05, 0.1) is 18.8 Å². The van der Waals surface area contributed by atoms with E-state index < -0.39 is 5.92 Å². The zero-order valence-corrected chi connectivity index (χ0v) is 20.3. The Morgan fingerprint density at radius 1 is 1.18 bits per heavy atom. The van der Waals surface area contributed by atoms with Gasteiger partial charge in [-0.1, -0.05) is 37.7 Å². The maximum Gasteiger partial charge on any atom is 0.257 e. The van der Waals surface area contributed by atoms with E-state index in [1.165, 1.54) is 23.9 Å². The van der Waals surface area contributed by atoms with Crippen LogP contribution in [0.3, 0.4) is 0 Å². The highest BCUT2D eigenvalue weighted by Gasteiger charge is 2.42. The minimum absolute atomic E-state index is 0.0158. The Kier molecular flexibility index (Phi) is 6.35. The number of carbonyl (C=O) groups excluding carboxylic acids is 1. The molecule has 1 atom stereocenters. The first-order chi connectivity index (χ1) is 16.3. The number of benzene rings is 1. The van der Waals surface area contributed by atoms with Gasteiger partial charge in [0.15, 0.2) is 10.9 Å². The van der Waals surface area contributed by atoms with Crippen LogP contribution in [0.15, 0.2) is 45.5 Å². The van der Waals surface area contributed by atoms with Crippen molar-refractivity contribution in [3.63, 3.8) is 0 Å². The zero-order chi connectivity index (χ0) is 23.9. The summed E-state index contributed by atoms with van der Waals surface area (Å²) < 4.78 is 19.1. The number of anilines is 1. The number of hydrogen-bond acceptors (Lipinski definition) is 7. The predicted molar refractivity (Wildman–Crippen MR) is 130 cm³/mol. The Balaban J connectivity index is 1.49. The van der Waals surface area contributed by atoms with Crippen LogP contribution in [-0.4, -0.2) is 59.3 Å². The van der Waals surface area contributed by atoms with Gasteiger partial charge in [0, 0.05) is 49.0 Å². The molecule has 5 rings (SSSR count). The summed E-state index contributed by atoms with van der Waals surface area (Å²) in [6, 6.07) is 6.03. The summed E-state index contributed by atoms with van der Waals surface area (Å²) >= 11 is 1.51. The summed E-state index contributed by atoms with van der Waals surface area (Å²) in [4.78, 5) is 36.6. The number of Topliss-reactive ketones (excluding diaryl/α,β-unsaturated/α-hetero) is 1. The molecule has 180 valence electrons. The van der Waals surface area contributed by atoms with Crippen LogP contribution in [0.5, 0.6) is 0 Å². The molecule has 1 fully saturated rings. The fraction of sp³-hybridized carbons (Fsp3) is 0.480. The van der Waals surface area contributed by atoms with E-state index in [1.54, 1.807) is 12.1 Å². The van der Waals surface area contributed by atoms with Gasteiger partial charge in [-0.3, -0.25) is 14.5 Å². The molecule has 3 aliphatic rings. The molecule has 1 aromatic carbocycles. The van der Waals surface area contributed by atoms with Crippen molar-refractivity contribution in [1.82, 2.24) is 14.9 Å². The Morgan fingerprint density at radius 2 is 1.91 bits per heavy atom. The van der Waals surface area contributed by atoms with Crippen molar-refractivity contribution in [2.45, 2.75) is 37.8 Å². The Morgan fingerprint density at radius 3 is 2.65 bits per heavy atom. The fourth-order valence-corrected chi connectivity index (χ4v) is 5.91. The van der Waals surface area contributed by atoms with Crippen molar-refractivity contribution in [1.29, 1.82) is 0 Å². The second-order valence-corrected chi connectivity index (χ2v) is 11.0. The number of rotatable bonds is 5. The lowest BCUT2D eigenvalue weighted by Crippen LogP contribution is -2.37. The largest absolute Gasteiger partial charge is 0.379 e. The third-order valence-electron chi connectivity index (χ3n) is 6.65. The third kappa shape index (κ3) is 4.69. The normalized spacial score (nSPS) is 22.2. The molecule has 2 N–H and O–H groups in total. The molecule has 1 saturated heterocycles. The van der Waals surface area contributed by atoms with Crippen LogP contribution in [0.4, 0.5) is 10.2 Å². The number of allylic oxidation sites excluding steroid dienone is 2. The number of nitrogens with zero attached hydrogens (tertiary/aromatic N) is 2. The van der Waals surface area contributed by atoms with Crippen LogP contribution >= 0.6 is 11.8 Å². The lowest BCUT2D eigenvalue weighted by atomic mass is 9.69. The van der Waals surface area contributed by atoms with Crippen LogP contribution in [-0.2, 0) is 9.53 Å². The SMILES string of the molecule is CC1(C)CC(=O)C2=C(C1)Nc1nc(SCCN3CCOCC3)[nH]c(=O)c1[C@@H]2c1ccc(F)cc1. The van der Waals surface area contributed by atoms with Gasteiger partial charge in [-0.2, -0.15) is 0 Å². The number of halogens is 1. The lowest BCUT2D eigenvalue weighted by molar-refractivity contribution is -0.118. The van der Waals surface area contributed by atoms with Crippen LogP contribution in [0.2, 0.25) is 0 Å². The van der Waals surface area contributed by atoms with Gasteiger partial charge in [0.1, 0.15) is 11.6 Å². The topological polar surface area (TPSA) is 87.3 Å². The van der Waals surface area contributed by atoms with Crippen molar-refractivity contribution in [3.8, 4) is 0 Å². The van der Waals surface area contributed by atoms with Gasteiger partial charge in [-0.05, 0) is 29.5 Å². The summed E-state index contributed by atoms with van der Waals surface area (Å²) in [7, 11) is 0. The van der Waals surface area contributed by atoms with E-state index in [0.29, 0.717) is 40.5 Å². The van der Waals surface area contributed by atoms with Gasteiger partial charge >= 0.3 is 0 Å². The number of ketones is 1. The highest BCUT2D eigenvalue weighted by Crippen LogP contribution is 2.47. The van der Waals surface area contributed by atoms with E-state index in [0.717, 1.165) is 44.3 Å². The quantitative estimate of drug-likeness (QED) is 0.496. The van der Waals surface area contributed by atoms with Crippen LogP contribution in [0.1, 0.15) is 43.7 Å². The molecule has 0 amide bonds. The first-order valence-corrected chi connectivity index (χ1v) is 12.7. The number of H-pyrrole nitrogens is 1. The maximum absolute atomic E-state index is 13.7. The Hall–Kier alpha value is -2.49. The summed E-state index contributed by atoms with van der Waals surface area (Å²) in [6.45, 7) is 8.35. The predicted octanol–water partition coefficient (Wildman–Crippen LogP) is 3.53. The number of morpholine rings is 1. The number of aromatic amines is 1. The zero-order valence-electron chi connectivity index (χ0n) is 19.4. The van der Waals surface area contributed by atoms with Gasteiger partial charge in [0.2, 0.25) is 0 Å². The van der Waals surface area contributed by atoms with Crippen molar-refractivity contribution in [2.24, 2.45) is 5.41 Å². The van der Waals surface area contributed by atoms with Crippen LogP contribution < -0.4 is 10.9 Å². The summed E-state index contributed by atoms with van der Waals surface area (Å²) in [5.41, 5.74) is 2.07. The molecule has 0 spiro atoms. The highest BCUT2D eigenvalue weighted by atomic mass is 32.2. The van der Waals surface area contributed by atoms with Crippen LogP contribution in [0.25, 0.3) is 0 Å². The van der Waals surface area contributed by atoms with E-state index in [1.807, 2.05) is 0 Å². The van der Waals surface area contributed by atoms with Gasteiger partial charge in [-0.25, -0.2) is 9.37 Å². The molecule has 34 heavy (non-hydrogen) atoms. The van der Waals surface area contributed by atoms with E-state index in [9.17, 15) is 14.0 Å². The summed E-state index contributed by atoms with van der Waals surface area (Å²) in [5, 5.41) is 3.88. The molecule has 9 heteroatoms. The number of fused-ring (bicyclic) bond motifs is 1. The average Bonchev–Trinajstić information content (AvgIpc) is 2.78. The standard InChI is InChI=1S/C25H29FN4O3S/c1-25(2)13-17-20(18(31)14-25)19(15-3-5-16(26)6-4-15)21-22(27-17)28-24(29-23(21)32)34-12-9-30-7-10-33-11-8-30/h3-6,19H,7-14H2,1-2H3,(H2,27,28,29,32)/t19-/m1/s1. The molecule has 1 aliphatic carbocycles. The lowest BCUT2D eigenvalue weighted by Gasteiger charge is -2.38. The number of hydrogen-bond donors (Lipinski definition) is 2. The first-order valence-electron chi connectivity index (χ1n) is 11.7. The number of aromatic nitrogens is 2. The number of carbonyl (C=O) groups is 1. The minimum atomic E-state index is -0.570. The van der Waals surface area contributed by atoms with Crippen molar-refractivity contribution >= 4 is 23.4 Å². The molecule has 2 aliphatic heterocycles. The number of ether oxygens (including phenoxy) is 1. The molecule has 2 aromatic rings. The second-order valence-electron chi connectivity index (χ2n) is 9.88. The monoisotopic (exact) mass is 484 g/mol. The van der Waals surface area contributed by atoms with E-state index >= 15 is 0 Å². The number of thioether (sulfide) groups is 1. The van der Waals surface area contributed by atoms with Crippen molar-refractivity contribution in [2.75, 3.05) is 43.9 Å². The highest BCUT2D eigenvalue weighted by molar-refractivity contribution is 7.99. The minimum Gasteiger partial charge on any atom is -0.379 e. The average molecular weight is 485 g/mol.